The van der Waals surface area contributed by atoms with Crippen LogP contribution in [0.1, 0.15) is 86.1 Å². The van der Waals surface area contributed by atoms with Crippen molar-refractivity contribution < 1.29 is 0 Å². The van der Waals surface area contributed by atoms with Gasteiger partial charge in [-0.2, -0.15) is 0 Å². The molecule has 0 aromatic heterocycles. The topological polar surface area (TPSA) is 0 Å². The number of hydrogen-bond acceptors (Lipinski definition) is 0. The van der Waals surface area contributed by atoms with Crippen LogP contribution in [-0.2, 0) is 16.2 Å². The maximum Gasteiger partial charge on any atom is 0.0159 e. The van der Waals surface area contributed by atoms with Gasteiger partial charge < -0.3 is 0 Å². The molecule has 0 radical (unpaired) electrons. The Bertz CT molecular complexity index is 2880. The molecule has 11 rings (SSSR count). The lowest BCUT2D eigenvalue weighted by atomic mass is 9.79. The van der Waals surface area contributed by atoms with E-state index in [9.17, 15) is 0 Å². The predicted octanol–water partition coefficient (Wildman–Crippen LogP) is 15.9. The van der Waals surface area contributed by atoms with E-state index in [4.69, 9.17) is 0 Å². The van der Waals surface area contributed by atoms with Crippen molar-refractivity contribution in [3.63, 3.8) is 0 Å². The summed E-state index contributed by atoms with van der Waals surface area (Å²) < 4.78 is 0. The first-order valence-corrected chi connectivity index (χ1v) is 21.3. The summed E-state index contributed by atoms with van der Waals surface area (Å²) in [5.41, 5.74) is 29.1. The van der Waals surface area contributed by atoms with Crippen LogP contribution in [0.4, 0.5) is 0 Å². The first kappa shape index (κ1) is 35.9. The van der Waals surface area contributed by atoms with Crippen molar-refractivity contribution >= 4 is 0 Å². The zero-order chi connectivity index (χ0) is 40.6. The van der Waals surface area contributed by atoms with Crippen molar-refractivity contribution in [1.82, 2.24) is 0 Å². The van der Waals surface area contributed by atoms with Crippen molar-refractivity contribution in [1.29, 1.82) is 0 Å². The SMILES string of the molecule is Cc1cccc(-c2ccc3c(c2)C(C)(C)c2cc(-c4ccc5c(c4)C(C)(C)c4cc(-c6ccc7c(c6)C(C)(C)c6cc(-c8cccc(C)c8)ccc6-7)ccc4-5)ccc2-3)c1. The summed E-state index contributed by atoms with van der Waals surface area (Å²) in [4.78, 5) is 0. The van der Waals surface area contributed by atoms with Gasteiger partial charge in [0.2, 0.25) is 0 Å². The van der Waals surface area contributed by atoms with Gasteiger partial charge in [-0.25, -0.2) is 0 Å². The minimum Gasteiger partial charge on any atom is -0.0614 e. The van der Waals surface area contributed by atoms with Gasteiger partial charge in [-0.3, -0.25) is 0 Å². The Kier molecular flexibility index (Phi) is 7.53. The molecule has 0 aliphatic heterocycles. The van der Waals surface area contributed by atoms with E-state index in [1.54, 1.807) is 0 Å². The molecule has 3 aliphatic carbocycles. The Morgan fingerprint density at radius 3 is 0.644 bits per heavy atom. The van der Waals surface area contributed by atoms with E-state index in [2.05, 4.69) is 213 Å². The molecule has 0 nitrogen and oxygen atoms in total. The van der Waals surface area contributed by atoms with Gasteiger partial charge in [0.05, 0.1) is 0 Å². The van der Waals surface area contributed by atoms with Crippen LogP contribution in [0.15, 0.2) is 158 Å². The second-order valence-electron chi connectivity index (χ2n) is 19.2. The van der Waals surface area contributed by atoms with Crippen molar-refractivity contribution in [2.24, 2.45) is 0 Å². The van der Waals surface area contributed by atoms with Crippen molar-refractivity contribution in [3.05, 3.63) is 202 Å². The third-order valence-corrected chi connectivity index (χ3v) is 14.4. The predicted molar refractivity (Wildman–Crippen MR) is 250 cm³/mol. The molecular weight excluding hydrogens is 709 g/mol. The highest BCUT2D eigenvalue weighted by molar-refractivity contribution is 5.90. The monoisotopic (exact) mass is 758 g/mol. The summed E-state index contributed by atoms with van der Waals surface area (Å²) in [5.74, 6) is 0. The highest BCUT2D eigenvalue weighted by atomic mass is 14.4. The quantitative estimate of drug-likeness (QED) is 0.168. The summed E-state index contributed by atoms with van der Waals surface area (Å²) in [7, 11) is 0. The summed E-state index contributed by atoms with van der Waals surface area (Å²) in [5, 5.41) is 0. The molecule has 0 bridgehead atoms. The molecule has 0 fully saturated rings. The molecule has 0 spiro atoms. The lowest BCUT2D eigenvalue weighted by molar-refractivity contribution is 0.659. The molecule has 0 saturated heterocycles. The molecule has 8 aromatic carbocycles. The fraction of sp³-hybridized carbons (Fsp3) is 0.186. The first-order valence-electron chi connectivity index (χ1n) is 21.3. The van der Waals surface area contributed by atoms with Crippen molar-refractivity contribution in [2.75, 3.05) is 0 Å². The Morgan fingerprint density at radius 1 is 0.237 bits per heavy atom. The van der Waals surface area contributed by atoms with Gasteiger partial charge in [0.1, 0.15) is 0 Å². The summed E-state index contributed by atoms with van der Waals surface area (Å²) >= 11 is 0. The number of hydrogen-bond donors (Lipinski definition) is 0. The molecule has 0 heterocycles. The number of fused-ring (bicyclic) bond motifs is 9. The highest BCUT2D eigenvalue weighted by Gasteiger charge is 2.39. The smallest absolute Gasteiger partial charge is 0.0159 e. The van der Waals surface area contributed by atoms with Crippen LogP contribution in [0, 0.1) is 13.8 Å². The van der Waals surface area contributed by atoms with Gasteiger partial charge in [-0.15, -0.1) is 0 Å². The molecule has 8 aromatic rings. The van der Waals surface area contributed by atoms with Crippen LogP contribution in [-0.4, -0.2) is 0 Å². The minimum atomic E-state index is -0.131. The summed E-state index contributed by atoms with van der Waals surface area (Å²) in [6.45, 7) is 18.7. The fourth-order valence-electron chi connectivity index (χ4n) is 10.9. The lowest BCUT2D eigenvalue weighted by Gasteiger charge is -2.24. The van der Waals surface area contributed by atoms with Crippen LogP contribution in [0.2, 0.25) is 0 Å². The molecule has 0 atom stereocenters. The normalized spacial score (nSPS) is 15.5. The van der Waals surface area contributed by atoms with Crippen LogP contribution in [0.25, 0.3) is 77.9 Å². The largest absolute Gasteiger partial charge is 0.0614 e. The molecule has 0 N–H and O–H groups in total. The van der Waals surface area contributed by atoms with Crippen LogP contribution in [0.3, 0.4) is 0 Å². The third-order valence-electron chi connectivity index (χ3n) is 14.4. The molecule has 0 unspecified atom stereocenters. The van der Waals surface area contributed by atoms with E-state index in [1.807, 2.05) is 0 Å². The third kappa shape index (κ3) is 5.28. The van der Waals surface area contributed by atoms with E-state index in [-0.39, 0.29) is 16.2 Å². The van der Waals surface area contributed by atoms with E-state index in [0.717, 1.165) is 0 Å². The van der Waals surface area contributed by atoms with E-state index >= 15 is 0 Å². The Labute approximate surface area is 350 Å². The molecule has 59 heavy (non-hydrogen) atoms. The van der Waals surface area contributed by atoms with E-state index in [0.29, 0.717) is 0 Å². The number of benzene rings is 8. The Morgan fingerprint density at radius 2 is 0.441 bits per heavy atom. The highest BCUT2D eigenvalue weighted by Crippen LogP contribution is 2.54. The molecular formula is C59H50. The molecule has 0 heteroatoms. The first-order chi connectivity index (χ1) is 28.3. The standard InChI is InChI=1S/C59H50/c1-35-11-9-13-37(27-35)39-15-21-45-47-23-17-41(31-53(47)57(3,4)51(45)29-39)43-19-25-49-50-26-20-44(34-56(50)59(7,8)55(49)33-43)42-18-24-48-46-22-16-40(38-14-10-12-36(2)28-38)30-52(46)58(5,6)54(48)32-42/h9-34H,1-8H3. The Balaban J connectivity index is 0.908. The average molecular weight is 759 g/mol. The van der Waals surface area contributed by atoms with Gasteiger partial charge >= 0.3 is 0 Å². The van der Waals surface area contributed by atoms with Gasteiger partial charge in [0.25, 0.3) is 0 Å². The maximum absolute atomic E-state index is 2.47. The van der Waals surface area contributed by atoms with Gasteiger partial charge in [-0.1, -0.05) is 174 Å². The molecule has 3 aliphatic rings. The van der Waals surface area contributed by atoms with Crippen LogP contribution < -0.4 is 0 Å². The number of aryl methyl sites for hydroxylation is 2. The second kappa shape index (κ2) is 12.4. The van der Waals surface area contributed by atoms with E-state index < -0.39 is 0 Å². The van der Waals surface area contributed by atoms with Crippen LogP contribution >= 0.6 is 0 Å². The van der Waals surface area contributed by atoms with Gasteiger partial charge in [-0.05, 0) is 162 Å². The molecule has 0 saturated carbocycles. The summed E-state index contributed by atoms with van der Waals surface area (Å²) in [6, 6.07) is 60.6. The second-order valence-corrected chi connectivity index (χ2v) is 19.2. The van der Waals surface area contributed by atoms with Crippen molar-refractivity contribution in [3.8, 4) is 77.9 Å². The van der Waals surface area contributed by atoms with Gasteiger partial charge in [0, 0.05) is 16.2 Å². The lowest BCUT2D eigenvalue weighted by Crippen LogP contribution is -2.16. The van der Waals surface area contributed by atoms with Gasteiger partial charge in [0.15, 0.2) is 0 Å². The average Bonchev–Trinajstić information content (AvgIpc) is 3.71. The Hall–Kier alpha value is -6.24. The molecule has 0 amide bonds. The molecule has 286 valence electrons. The van der Waals surface area contributed by atoms with Crippen LogP contribution in [0.5, 0.6) is 0 Å². The fourth-order valence-corrected chi connectivity index (χ4v) is 10.9. The summed E-state index contributed by atoms with van der Waals surface area (Å²) in [6.07, 6.45) is 0. The van der Waals surface area contributed by atoms with Crippen molar-refractivity contribution in [2.45, 2.75) is 71.6 Å². The number of rotatable bonds is 4. The maximum atomic E-state index is 2.47. The zero-order valence-corrected chi connectivity index (χ0v) is 35.5. The minimum absolute atomic E-state index is 0.0942. The zero-order valence-electron chi connectivity index (χ0n) is 35.5. The van der Waals surface area contributed by atoms with E-state index in [1.165, 1.54) is 122 Å².